The number of carbonyl (C=O) groups is 1. The number of hydrogen-bond acceptors (Lipinski definition) is 5. The molecular weight excluding hydrogens is 318 g/mol. The molecule has 0 radical (unpaired) electrons. The minimum atomic E-state index is -0.0561. The van der Waals surface area contributed by atoms with Crippen LogP contribution in [0.2, 0.25) is 0 Å². The SMILES string of the molecule is Cc1ccccc1Oc1ncccc1CNC(=O)CCn1cnnc1. The molecule has 0 aliphatic rings. The molecule has 0 spiro atoms. The Morgan fingerprint density at radius 1 is 1.16 bits per heavy atom. The fraction of sp³-hybridized carbons (Fsp3) is 0.222. The van der Waals surface area contributed by atoms with Gasteiger partial charge in [0.15, 0.2) is 0 Å². The Bertz CT molecular complexity index is 833. The Balaban J connectivity index is 1.59. The van der Waals surface area contributed by atoms with E-state index in [2.05, 4.69) is 20.5 Å². The molecule has 2 aromatic heterocycles. The Morgan fingerprint density at radius 3 is 2.76 bits per heavy atom. The van der Waals surface area contributed by atoms with Crippen molar-refractivity contribution in [3.8, 4) is 11.6 Å². The van der Waals surface area contributed by atoms with E-state index in [9.17, 15) is 4.79 Å². The number of nitrogens with zero attached hydrogens (tertiary/aromatic N) is 4. The average molecular weight is 337 g/mol. The first-order valence-electron chi connectivity index (χ1n) is 7.99. The number of nitrogens with one attached hydrogen (secondary N) is 1. The van der Waals surface area contributed by atoms with Gasteiger partial charge in [0.25, 0.3) is 0 Å². The number of aryl methyl sites for hydroxylation is 2. The molecule has 1 N–H and O–H groups in total. The van der Waals surface area contributed by atoms with E-state index in [1.54, 1.807) is 23.4 Å². The molecule has 7 nitrogen and oxygen atoms in total. The molecule has 0 atom stereocenters. The number of amides is 1. The van der Waals surface area contributed by atoms with E-state index in [4.69, 9.17) is 4.74 Å². The number of rotatable bonds is 7. The smallest absolute Gasteiger partial charge is 0.224 e. The van der Waals surface area contributed by atoms with Crippen LogP contribution in [-0.4, -0.2) is 25.7 Å². The van der Waals surface area contributed by atoms with Crippen LogP contribution >= 0.6 is 0 Å². The summed E-state index contributed by atoms with van der Waals surface area (Å²) in [6.45, 7) is 2.87. The van der Waals surface area contributed by atoms with E-state index >= 15 is 0 Å². The van der Waals surface area contributed by atoms with E-state index in [-0.39, 0.29) is 5.91 Å². The highest BCUT2D eigenvalue weighted by Gasteiger charge is 2.09. The monoisotopic (exact) mass is 337 g/mol. The highest BCUT2D eigenvalue weighted by molar-refractivity contribution is 5.75. The maximum atomic E-state index is 12.0. The molecule has 25 heavy (non-hydrogen) atoms. The van der Waals surface area contributed by atoms with Gasteiger partial charge in [-0.15, -0.1) is 10.2 Å². The predicted molar refractivity (Wildman–Crippen MR) is 92.0 cm³/mol. The van der Waals surface area contributed by atoms with E-state index in [1.807, 2.05) is 43.3 Å². The lowest BCUT2D eigenvalue weighted by atomic mass is 10.2. The Labute approximate surface area is 145 Å². The fourth-order valence-corrected chi connectivity index (χ4v) is 2.28. The van der Waals surface area contributed by atoms with Crippen molar-refractivity contribution < 1.29 is 9.53 Å². The van der Waals surface area contributed by atoms with Gasteiger partial charge in [-0.25, -0.2) is 4.98 Å². The molecule has 3 aromatic rings. The molecule has 0 bridgehead atoms. The van der Waals surface area contributed by atoms with Crippen molar-refractivity contribution in [3.63, 3.8) is 0 Å². The van der Waals surface area contributed by atoms with Gasteiger partial charge in [-0.1, -0.05) is 24.3 Å². The zero-order valence-corrected chi connectivity index (χ0v) is 13.9. The molecule has 128 valence electrons. The Hall–Kier alpha value is -3.22. The third-order valence-electron chi connectivity index (χ3n) is 3.69. The molecule has 0 aliphatic carbocycles. The number of ether oxygens (including phenoxy) is 1. The van der Waals surface area contributed by atoms with Crippen LogP contribution in [-0.2, 0) is 17.9 Å². The van der Waals surface area contributed by atoms with Gasteiger partial charge in [0, 0.05) is 31.3 Å². The maximum absolute atomic E-state index is 12.0. The first kappa shape index (κ1) is 16.6. The second kappa shape index (κ2) is 8.05. The molecule has 1 amide bonds. The van der Waals surface area contributed by atoms with E-state index in [0.29, 0.717) is 25.4 Å². The van der Waals surface area contributed by atoms with Gasteiger partial charge in [-0.3, -0.25) is 4.79 Å². The van der Waals surface area contributed by atoms with Crippen LogP contribution in [0.3, 0.4) is 0 Å². The second-order valence-electron chi connectivity index (χ2n) is 5.56. The van der Waals surface area contributed by atoms with Gasteiger partial charge in [0.05, 0.1) is 0 Å². The van der Waals surface area contributed by atoms with Crippen molar-refractivity contribution in [2.45, 2.75) is 26.4 Å². The van der Waals surface area contributed by atoms with Crippen LogP contribution < -0.4 is 10.1 Å². The highest BCUT2D eigenvalue weighted by Crippen LogP contribution is 2.25. The quantitative estimate of drug-likeness (QED) is 0.716. The summed E-state index contributed by atoms with van der Waals surface area (Å²) in [6, 6.07) is 11.5. The average Bonchev–Trinajstić information content (AvgIpc) is 3.15. The van der Waals surface area contributed by atoms with Crippen LogP contribution in [0.15, 0.2) is 55.2 Å². The third-order valence-corrected chi connectivity index (χ3v) is 3.69. The van der Waals surface area contributed by atoms with Crippen LogP contribution in [0, 0.1) is 6.92 Å². The molecule has 3 rings (SSSR count). The second-order valence-corrected chi connectivity index (χ2v) is 5.56. The van der Waals surface area contributed by atoms with Gasteiger partial charge in [-0.2, -0.15) is 0 Å². The Morgan fingerprint density at radius 2 is 1.96 bits per heavy atom. The molecule has 0 saturated heterocycles. The zero-order chi connectivity index (χ0) is 17.5. The van der Waals surface area contributed by atoms with Crippen LogP contribution in [0.1, 0.15) is 17.5 Å². The lowest BCUT2D eigenvalue weighted by molar-refractivity contribution is -0.121. The first-order valence-corrected chi connectivity index (χ1v) is 7.99. The standard InChI is InChI=1S/C18H19N5O2/c1-14-5-2-3-7-16(14)25-18-15(6-4-9-19-18)11-20-17(24)8-10-23-12-21-22-13-23/h2-7,9,12-13H,8,10-11H2,1H3,(H,20,24). The number of hydrogen-bond donors (Lipinski definition) is 1. The van der Waals surface area contributed by atoms with Crippen molar-refractivity contribution in [2.75, 3.05) is 0 Å². The molecule has 0 fully saturated rings. The summed E-state index contributed by atoms with van der Waals surface area (Å²) in [5, 5.41) is 10.3. The van der Waals surface area contributed by atoms with Crippen LogP contribution in [0.4, 0.5) is 0 Å². The van der Waals surface area contributed by atoms with Gasteiger partial charge >= 0.3 is 0 Å². The van der Waals surface area contributed by atoms with Gasteiger partial charge in [0.2, 0.25) is 11.8 Å². The molecule has 0 unspecified atom stereocenters. The summed E-state index contributed by atoms with van der Waals surface area (Å²) in [5.41, 5.74) is 1.85. The summed E-state index contributed by atoms with van der Waals surface area (Å²) in [7, 11) is 0. The van der Waals surface area contributed by atoms with Crippen molar-refractivity contribution in [2.24, 2.45) is 0 Å². The fourth-order valence-electron chi connectivity index (χ4n) is 2.28. The first-order chi connectivity index (χ1) is 12.2. The molecule has 0 saturated carbocycles. The molecular formula is C18H19N5O2. The van der Waals surface area contributed by atoms with E-state index < -0.39 is 0 Å². The summed E-state index contributed by atoms with van der Waals surface area (Å²) in [6.07, 6.45) is 5.20. The summed E-state index contributed by atoms with van der Waals surface area (Å²) in [4.78, 5) is 16.3. The zero-order valence-electron chi connectivity index (χ0n) is 13.9. The summed E-state index contributed by atoms with van der Waals surface area (Å²) >= 11 is 0. The van der Waals surface area contributed by atoms with E-state index in [1.165, 1.54) is 0 Å². The largest absolute Gasteiger partial charge is 0.438 e. The lowest BCUT2D eigenvalue weighted by Crippen LogP contribution is -2.24. The lowest BCUT2D eigenvalue weighted by Gasteiger charge is -2.12. The maximum Gasteiger partial charge on any atom is 0.224 e. The number of para-hydroxylation sites is 1. The van der Waals surface area contributed by atoms with Crippen LogP contribution in [0.5, 0.6) is 11.6 Å². The van der Waals surface area contributed by atoms with Crippen molar-refractivity contribution in [1.29, 1.82) is 0 Å². The molecule has 2 heterocycles. The number of pyridine rings is 1. The normalized spacial score (nSPS) is 10.4. The van der Waals surface area contributed by atoms with Gasteiger partial charge in [0.1, 0.15) is 18.4 Å². The third kappa shape index (κ3) is 4.63. The number of benzene rings is 1. The van der Waals surface area contributed by atoms with Crippen molar-refractivity contribution in [3.05, 3.63) is 66.4 Å². The number of aromatic nitrogens is 4. The topological polar surface area (TPSA) is 81.9 Å². The molecule has 7 heteroatoms. The minimum Gasteiger partial charge on any atom is -0.438 e. The molecule has 1 aromatic carbocycles. The Kier molecular flexibility index (Phi) is 5.36. The van der Waals surface area contributed by atoms with Gasteiger partial charge in [-0.05, 0) is 24.6 Å². The van der Waals surface area contributed by atoms with Crippen molar-refractivity contribution in [1.82, 2.24) is 25.1 Å². The van der Waals surface area contributed by atoms with E-state index in [0.717, 1.165) is 16.9 Å². The van der Waals surface area contributed by atoms with Gasteiger partial charge < -0.3 is 14.6 Å². The number of carbonyl (C=O) groups excluding carboxylic acids is 1. The van der Waals surface area contributed by atoms with Crippen molar-refractivity contribution >= 4 is 5.91 Å². The summed E-state index contributed by atoms with van der Waals surface area (Å²) in [5.74, 6) is 1.19. The minimum absolute atomic E-state index is 0.0561. The highest BCUT2D eigenvalue weighted by atomic mass is 16.5. The predicted octanol–water partition coefficient (Wildman–Crippen LogP) is 2.48. The van der Waals surface area contributed by atoms with Crippen LogP contribution in [0.25, 0.3) is 0 Å². The molecule has 0 aliphatic heterocycles. The summed E-state index contributed by atoms with van der Waals surface area (Å²) < 4.78 is 7.67.